The minimum Gasteiger partial charge on any atom is -0.465 e. The number of rotatable bonds is 2. The van der Waals surface area contributed by atoms with E-state index < -0.39 is 17.8 Å². The molecule has 0 saturated carbocycles. The number of hydrogen-bond donors (Lipinski definition) is 0. The fraction of sp³-hybridized carbons (Fsp3) is 0.0833. The molecule has 0 N–H and O–H groups in total. The van der Waals surface area contributed by atoms with Crippen molar-refractivity contribution < 1.29 is 23.7 Å². The van der Waals surface area contributed by atoms with Crippen LogP contribution in [0.4, 0.5) is 5.69 Å². The molecule has 19 heavy (non-hydrogen) atoms. The molecule has 6 nitrogen and oxygen atoms in total. The molecular weight excluding hydrogens is 272 g/mol. The highest BCUT2D eigenvalue weighted by atomic mass is 35.5. The van der Waals surface area contributed by atoms with Crippen LogP contribution in [0.25, 0.3) is 0 Å². The zero-order valence-electron chi connectivity index (χ0n) is 9.79. The van der Waals surface area contributed by atoms with E-state index >= 15 is 0 Å². The van der Waals surface area contributed by atoms with Crippen molar-refractivity contribution in [3.05, 3.63) is 28.8 Å². The van der Waals surface area contributed by atoms with Crippen LogP contribution in [0.2, 0.25) is 5.02 Å². The third kappa shape index (κ3) is 2.30. The van der Waals surface area contributed by atoms with Crippen molar-refractivity contribution in [3.8, 4) is 0 Å². The van der Waals surface area contributed by atoms with Gasteiger partial charge in [-0.25, -0.2) is 14.6 Å². The van der Waals surface area contributed by atoms with Crippen molar-refractivity contribution in [2.75, 3.05) is 7.11 Å². The molecule has 0 unspecified atom stereocenters. The summed E-state index contributed by atoms with van der Waals surface area (Å²) >= 11 is 5.94. The molecule has 0 saturated heterocycles. The van der Waals surface area contributed by atoms with Crippen LogP contribution in [-0.2, 0) is 14.3 Å². The van der Waals surface area contributed by atoms with Gasteiger partial charge in [0.15, 0.2) is 11.8 Å². The summed E-state index contributed by atoms with van der Waals surface area (Å²) in [6, 6.07) is 4.53. The van der Waals surface area contributed by atoms with Gasteiger partial charge in [0.05, 0.1) is 18.3 Å². The van der Waals surface area contributed by atoms with Crippen molar-refractivity contribution in [2.24, 2.45) is 4.99 Å². The average molecular weight is 280 g/mol. The van der Waals surface area contributed by atoms with Crippen LogP contribution in [0, 0.1) is 0 Å². The molecule has 1 aromatic rings. The highest BCUT2D eigenvalue weighted by Crippen LogP contribution is 2.27. The molecule has 1 aliphatic rings. The van der Waals surface area contributed by atoms with Crippen LogP contribution in [0.3, 0.4) is 0 Å². The number of hydrogen-bond acceptors (Lipinski definition) is 4. The summed E-state index contributed by atoms with van der Waals surface area (Å²) in [5.74, 6) is -2.48. The molecular formula is C12H8ClN2O4+. The predicted molar refractivity (Wildman–Crippen MR) is 67.3 cm³/mol. The first kappa shape index (κ1) is 13.1. The lowest BCUT2D eigenvalue weighted by Gasteiger charge is -2.06. The fourth-order valence-corrected chi connectivity index (χ4v) is 1.85. The molecule has 0 fully saturated rings. The summed E-state index contributed by atoms with van der Waals surface area (Å²) in [6.45, 7) is 0. The molecule has 0 atom stereocenters. The molecule has 1 aromatic carbocycles. The second-order valence-corrected chi connectivity index (χ2v) is 3.94. The first-order valence-electron chi connectivity index (χ1n) is 5.18. The maximum Gasteiger partial charge on any atom is 0.485 e. The summed E-state index contributed by atoms with van der Waals surface area (Å²) in [5, 5.41) is 0.125. The summed E-state index contributed by atoms with van der Waals surface area (Å²) < 4.78 is 5.62. The Bertz CT molecular complexity index is 649. The number of esters is 1. The highest BCUT2D eigenvalue weighted by Gasteiger charge is 2.35. The summed E-state index contributed by atoms with van der Waals surface area (Å²) in [4.78, 5) is 38.0. The maximum absolute atomic E-state index is 11.7. The van der Waals surface area contributed by atoms with E-state index in [0.29, 0.717) is 0 Å². The Morgan fingerprint density at radius 2 is 2.11 bits per heavy atom. The number of amides is 2. The smallest absolute Gasteiger partial charge is 0.465 e. The number of carbonyl (C=O) groups excluding carboxylic acids is 3. The molecule has 0 aromatic heterocycles. The van der Waals surface area contributed by atoms with Crippen LogP contribution >= 0.6 is 11.6 Å². The number of aliphatic imine (C=N–C) groups is 1. The van der Waals surface area contributed by atoms with E-state index in [9.17, 15) is 14.4 Å². The summed E-state index contributed by atoms with van der Waals surface area (Å²) in [6.07, 6.45) is 2.45. The van der Waals surface area contributed by atoms with Crippen molar-refractivity contribution in [1.82, 2.24) is 0 Å². The van der Waals surface area contributed by atoms with Crippen LogP contribution in [0.1, 0.15) is 10.4 Å². The number of ether oxygens (including phenoxy) is 1. The predicted octanol–water partition coefficient (Wildman–Crippen LogP) is 0.979. The van der Waals surface area contributed by atoms with E-state index in [1.165, 1.54) is 31.7 Å². The van der Waals surface area contributed by atoms with Gasteiger partial charge in [-0.15, -0.1) is 4.58 Å². The van der Waals surface area contributed by atoms with E-state index in [0.717, 1.165) is 4.58 Å². The van der Waals surface area contributed by atoms with E-state index in [1.54, 1.807) is 6.07 Å². The number of nitrogens with zero attached hydrogens (tertiary/aromatic N) is 2. The Morgan fingerprint density at radius 3 is 2.79 bits per heavy atom. The van der Waals surface area contributed by atoms with Gasteiger partial charge < -0.3 is 4.74 Å². The highest BCUT2D eigenvalue weighted by molar-refractivity contribution is 6.40. The van der Waals surface area contributed by atoms with Gasteiger partial charge in [0.1, 0.15) is 0 Å². The van der Waals surface area contributed by atoms with Crippen LogP contribution < -0.4 is 0 Å². The molecule has 1 heterocycles. The lowest BCUT2D eigenvalue weighted by atomic mass is 10.1. The number of benzene rings is 1. The number of methoxy groups -OCH3 is 1. The Kier molecular flexibility index (Phi) is 3.52. The molecule has 2 rings (SSSR count). The molecule has 1 aliphatic heterocycles. The summed E-state index contributed by atoms with van der Waals surface area (Å²) in [7, 11) is 1.20. The zero-order valence-corrected chi connectivity index (χ0v) is 10.5. The minimum atomic E-state index is -0.918. The quantitative estimate of drug-likeness (QED) is 0.459. The molecule has 96 valence electrons. The maximum atomic E-state index is 11.7. The lowest BCUT2D eigenvalue weighted by Crippen LogP contribution is -2.30. The first-order valence-corrected chi connectivity index (χ1v) is 5.56. The van der Waals surface area contributed by atoms with E-state index in [-0.39, 0.29) is 16.3 Å². The van der Waals surface area contributed by atoms with Gasteiger partial charge in [-0.3, -0.25) is 4.79 Å². The van der Waals surface area contributed by atoms with Crippen LogP contribution in [0.5, 0.6) is 0 Å². The molecule has 7 heteroatoms. The van der Waals surface area contributed by atoms with Gasteiger partial charge in [0, 0.05) is 6.07 Å². The van der Waals surface area contributed by atoms with E-state index in [1.807, 2.05) is 0 Å². The Balaban J connectivity index is 2.64. The Labute approximate surface area is 113 Å². The molecule has 0 aliphatic carbocycles. The van der Waals surface area contributed by atoms with Gasteiger partial charge >= 0.3 is 17.8 Å². The van der Waals surface area contributed by atoms with Gasteiger partial charge in [-0.1, -0.05) is 17.7 Å². The van der Waals surface area contributed by atoms with Gasteiger partial charge in [0.2, 0.25) is 5.69 Å². The van der Waals surface area contributed by atoms with Crippen molar-refractivity contribution in [1.29, 1.82) is 0 Å². The third-order valence-corrected chi connectivity index (χ3v) is 2.76. The van der Waals surface area contributed by atoms with Gasteiger partial charge in [-0.05, 0) is 6.07 Å². The Hall–Kier alpha value is -2.34. The minimum absolute atomic E-state index is 0.0133. The van der Waals surface area contributed by atoms with E-state index in [2.05, 4.69) is 9.73 Å². The number of halogens is 1. The average Bonchev–Trinajstić information content (AvgIpc) is 2.41. The molecule has 0 spiro atoms. The van der Waals surface area contributed by atoms with Crippen molar-refractivity contribution in [3.63, 3.8) is 0 Å². The Morgan fingerprint density at radius 1 is 1.37 bits per heavy atom. The van der Waals surface area contributed by atoms with Crippen molar-refractivity contribution in [2.45, 2.75) is 0 Å². The standard InChI is InChI=1S/C12H8ClN2O4/c1-19-12(18)9-7(13)3-2-4-8(9)15-6-5-14-10(16)11(15)17/h2-6H,1H3/q+1. The monoisotopic (exact) mass is 279 g/mol. The topological polar surface area (TPSA) is 75.8 Å². The fourth-order valence-electron chi connectivity index (χ4n) is 1.60. The molecule has 0 bridgehead atoms. The van der Waals surface area contributed by atoms with Crippen molar-refractivity contribution >= 4 is 47.5 Å². The lowest BCUT2D eigenvalue weighted by molar-refractivity contribution is -0.356. The SMILES string of the molecule is COC(=O)c1c(Cl)cccc1[N+]1=CC=NC(=O)C1=O. The number of carbonyl (C=O) groups is 3. The normalized spacial score (nSPS) is 14.3. The van der Waals surface area contributed by atoms with Gasteiger partial charge in [0.25, 0.3) is 0 Å². The van der Waals surface area contributed by atoms with Gasteiger partial charge in [-0.2, -0.15) is 0 Å². The second-order valence-electron chi connectivity index (χ2n) is 3.53. The molecule has 2 amide bonds. The third-order valence-electron chi connectivity index (χ3n) is 2.45. The zero-order chi connectivity index (χ0) is 14.0. The second kappa shape index (κ2) is 5.11. The first-order chi connectivity index (χ1) is 9.06. The summed E-state index contributed by atoms with van der Waals surface area (Å²) in [5.41, 5.74) is 0.184. The molecule has 0 radical (unpaired) electrons. The van der Waals surface area contributed by atoms with Crippen LogP contribution in [0.15, 0.2) is 23.2 Å². The van der Waals surface area contributed by atoms with Crippen LogP contribution in [-0.4, -0.2) is 41.9 Å². The van der Waals surface area contributed by atoms with E-state index in [4.69, 9.17) is 11.6 Å². The largest absolute Gasteiger partial charge is 0.485 e.